The standard InChI is InChI=1S/C21H16F3N3O4S/c1-11-2-7-14(32(30,31)27-13-5-3-12(22)4-6-13)8-15(11)21(29)26-19-9-16(20(25)28)17(23)10-18(19)24/h2-10,27H,1H3,(H2,25,28)(H,26,29). The van der Waals surface area contributed by atoms with Crippen LogP contribution in [0.1, 0.15) is 26.3 Å². The normalized spacial score (nSPS) is 11.1. The highest BCUT2D eigenvalue weighted by atomic mass is 32.2. The first-order valence-corrected chi connectivity index (χ1v) is 10.5. The second-order valence-corrected chi connectivity index (χ2v) is 8.40. The van der Waals surface area contributed by atoms with Crippen molar-refractivity contribution in [3.63, 3.8) is 0 Å². The van der Waals surface area contributed by atoms with E-state index in [4.69, 9.17) is 5.73 Å². The van der Waals surface area contributed by atoms with Crippen molar-refractivity contribution in [1.82, 2.24) is 0 Å². The third kappa shape index (κ3) is 4.89. The lowest BCUT2D eigenvalue weighted by Crippen LogP contribution is -2.19. The van der Waals surface area contributed by atoms with Crippen LogP contribution in [-0.4, -0.2) is 20.2 Å². The van der Waals surface area contributed by atoms with Gasteiger partial charge in [0.05, 0.1) is 16.1 Å². The second kappa shape index (κ2) is 8.71. The highest BCUT2D eigenvalue weighted by Crippen LogP contribution is 2.23. The fourth-order valence-corrected chi connectivity index (χ4v) is 3.85. The molecule has 0 atom stereocenters. The predicted molar refractivity (Wildman–Crippen MR) is 111 cm³/mol. The van der Waals surface area contributed by atoms with Crippen LogP contribution in [0.3, 0.4) is 0 Å². The molecule has 0 aliphatic rings. The molecule has 0 unspecified atom stereocenters. The van der Waals surface area contributed by atoms with Gasteiger partial charge in [-0.25, -0.2) is 21.6 Å². The summed E-state index contributed by atoms with van der Waals surface area (Å²) in [6.45, 7) is 1.52. The quantitative estimate of drug-likeness (QED) is 0.518. The smallest absolute Gasteiger partial charge is 0.261 e. The lowest BCUT2D eigenvalue weighted by Gasteiger charge is -2.13. The summed E-state index contributed by atoms with van der Waals surface area (Å²) in [5.41, 5.74) is 4.24. The Morgan fingerprint density at radius 2 is 1.53 bits per heavy atom. The van der Waals surface area contributed by atoms with Crippen molar-refractivity contribution in [2.24, 2.45) is 5.73 Å². The van der Waals surface area contributed by atoms with Crippen LogP contribution in [0.2, 0.25) is 0 Å². The molecule has 0 radical (unpaired) electrons. The molecule has 7 nitrogen and oxygen atoms in total. The number of anilines is 2. The monoisotopic (exact) mass is 463 g/mol. The average molecular weight is 463 g/mol. The molecule has 11 heteroatoms. The molecule has 3 aromatic rings. The van der Waals surface area contributed by atoms with Gasteiger partial charge in [0.15, 0.2) is 0 Å². The van der Waals surface area contributed by atoms with E-state index in [0.29, 0.717) is 11.6 Å². The van der Waals surface area contributed by atoms with E-state index in [2.05, 4.69) is 10.0 Å². The van der Waals surface area contributed by atoms with Gasteiger partial charge in [0.2, 0.25) is 0 Å². The molecule has 0 spiro atoms. The van der Waals surface area contributed by atoms with Gasteiger partial charge in [0.25, 0.3) is 21.8 Å². The number of sulfonamides is 1. The predicted octanol–water partition coefficient (Wildman–Crippen LogP) is 3.56. The Bertz CT molecular complexity index is 1330. The van der Waals surface area contributed by atoms with Crippen LogP contribution in [0.25, 0.3) is 0 Å². The van der Waals surface area contributed by atoms with Gasteiger partial charge in [0.1, 0.15) is 17.5 Å². The summed E-state index contributed by atoms with van der Waals surface area (Å²) in [5, 5.41) is 2.18. The number of hydrogen-bond acceptors (Lipinski definition) is 4. The van der Waals surface area contributed by atoms with E-state index < -0.39 is 50.5 Å². The molecular weight excluding hydrogens is 447 g/mol. The lowest BCUT2D eigenvalue weighted by molar-refractivity contribution is 0.0992. The summed E-state index contributed by atoms with van der Waals surface area (Å²) < 4.78 is 68.3. The van der Waals surface area contributed by atoms with E-state index >= 15 is 0 Å². The molecule has 3 aromatic carbocycles. The second-order valence-electron chi connectivity index (χ2n) is 6.72. The molecule has 2 amide bonds. The molecule has 0 bridgehead atoms. The molecule has 0 aromatic heterocycles. The van der Waals surface area contributed by atoms with Gasteiger partial charge in [-0.05, 0) is 55.0 Å². The molecule has 166 valence electrons. The maximum Gasteiger partial charge on any atom is 0.261 e. The number of rotatable bonds is 6. The molecule has 0 heterocycles. The molecule has 0 fully saturated rings. The molecule has 32 heavy (non-hydrogen) atoms. The SMILES string of the molecule is Cc1ccc(S(=O)(=O)Nc2ccc(F)cc2)cc1C(=O)Nc1cc(C(N)=O)c(F)cc1F. The number of amides is 2. The van der Waals surface area contributed by atoms with Crippen molar-refractivity contribution in [2.75, 3.05) is 10.0 Å². The Balaban J connectivity index is 1.92. The molecule has 3 rings (SSSR count). The minimum atomic E-state index is -4.14. The Labute approximate surface area is 181 Å². The van der Waals surface area contributed by atoms with E-state index in [1.165, 1.54) is 31.2 Å². The minimum absolute atomic E-state index is 0.102. The third-order valence-electron chi connectivity index (χ3n) is 4.43. The van der Waals surface area contributed by atoms with Crippen molar-refractivity contribution in [2.45, 2.75) is 11.8 Å². The summed E-state index contributed by atoms with van der Waals surface area (Å²) in [6.07, 6.45) is 0. The number of nitrogens with two attached hydrogens (primary N) is 1. The summed E-state index contributed by atoms with van der Waals surface area (Å²) in [4.78, 5) is 23.7. The van der Waals surface area contributed by atoms with Crippen LogP contribution in [0, 0.1) is 24.4 Å². The number of primary amides is 1. The van der Waals surface area contributed by atoms with Crippen LogP contribution < -0.4 is 15.8 Å². The Kier molecular flexibility index (Phi) is 6.21. The first kappa shape index (κ1) is 22.8. The number of benzene rings is 3. The molecule has 0 saturated heterocycles. The van der Waals surface area contributed by atoms with E-state index in [1.54, 1.807) is 0 Å². The highest BCUT2D eigenvalue weighted by Gasteiger charge is 2.20. The molecule has 0 saturated carbocycles. The van der Waals surface area contributed by atoms with Crippen molar-refractivity contribution < 1.29 is 31.2 Å². The van der Waals surface area contributed by atoms with Crippen LogP contribution in [0.5, 0.6) is 0 Å². The van der Waals surface area contributed by atoms with E-state index in [-0.39, 0.29) is 16.1 Å². The summed E-state index contributed by atoms with van der Waals surface area (Å²) in [7, 11) is -4.14. The van der Waals surface area contributed by atoms with Crippen molar-refractivity contribution in [3.8, 4) is 0 Å². The number of hydrogen-bond donors (Lipinski definition) is 3. The zero-order valence-electron chi connectivity index (χ0n) is 16.4. The Hall–Kier alpha value is -3.86. The molecule has 0 aliphatic carbocycles. The fraction of sp³-hybridized carbons (Fsp3) is 0.0476. The van der Waals surface area contributed by atoms with Gasteiger partial charge in [-0.3, -0.25) is 14.3 Å². The van der Waals surface area contributed by atoms with Crippen molar-refractivity contribution in [1.29, 1.82) is 0 Å². The lowest BCUT2D eigenvalue weighted by atomic mass is 10.1. The largest absolute Gasteiger partial charge is 0.366 e. The minimum Gasteiger partial charge on any atom is -0.366 e. The van der Waals surface area contributed by atoms with Gasteiger partial charge in [-0.2, -0.15) is 0 Å². The number of aryl methyl sites for hydroxylation is 1. The van der Waals surface area contributed by atoms with Gasteiger partial charge >= 0.3 is 0 Å². The zero-order chi connectivity index (χ0) is 23.6. The number of nitrogens with one attached hydrogen (secondary N) is 2. The van der Waals surface area contributed by atoms with Gasteiger partial charge in [-0.1, -0.05) is 6.07 Å². The molecule has 4 N–H and O–H groups in total. The van der Waals surface area contributed by atoms with E-state index in [1.807, 2.05) is 0 Å². The maximum atomic E-state index is 14.1. The van der Waals surface area contributed by atoms with Crippen LogP contribution in [0.15, 0.2) is 59.5 Å². The zero-order valence-corrected chi connectivity index (χ0v) is 17.3. The van der Waals surface area contributed by atoms with Gasteiger partial charge in [0, 0.05) is 17.3 Å². The van der Waals surface area contributed by atoms with Crippen LogP contribution >= 0.6 is 0 Å². The number of carbonyl (C=O) groups excluding carboxylic acids is 2. The first-order chi connectivity index (χ1) is 15.0. The molecular formula is C21H16F3N3O4S. The van der Waals surface area contributed by atoms with Crippen LogP contribution in [0.4, 0.5) is 24.5 Å². The topological polar surface area (TPSA) is 118 Å². The fourth-order valence-electron chi connectivity index (χ4n) is 2.77. The third-order valence-corrected chi connectivity index (χ3v) is 5.81. The summed E-state index contributed by atoms with van der Waals surface area (Å²) in [5.74, 6) is -4.95. The number of carbonyl (C=O) groups is 2. The van der Waals surface area contributed by atoms with Gasteiger partial charge in [-0.15, -0.1) is 0 Å². The van der Waals surface area contributed by atoms with E-state index in [9.17, 15) is 31.2 Å². The van der Waals surface area contributed by atoms with Crippen molar-refractivity contribution in [3.05, 3.63) is 88.7 Å². The highest BCUT2D eigenvalue weighted by molar-refractivity contribution is 7.92. The molecule has 0 aliphatic heterocycles. The first-order valence-electron chi connectivity index (χ1n) is 8.97. The average Bonchev–Trinajstić information content (AvgIpc) is 2.71. The number of halogens is 3. The maximum absolute atomic E-state index is 14.1. The Morgan fingerprint density at radius 1 is 0.875 bits per heavy atom. The van der Waals surface area contributed by atoms with E-state index in [0.717, 1.165) is 24.3 Å². The summed E-state index contributed by atoms with van der Waals surface area (Å²) in [6, 6.07) is 9.42. The van der Waals surface area contributed by atoms with Crippen molar-refractivity contribution >= 4 is 33.2 Å². The Morgan fingerprint density at radius 3 is 2.16 bits per heavy atom. The van der Waals surface area contributed by atoms with Gasteiger partial charge < -0.3 is 11.1 Å². The summed E-state index contributed by atoms with van der Waals surface area (Å²) >= 11 is 0. The van der Waals surface area contributed by atoms with Crippen LogP contribution in [-0.2, 0) is 10.0 Å².